The lowest BCUT2D eigenvalue weighted by atomic mass is 10.4. The van der Waals surface area contributed by atoms with E-state index in [4.69, 9.17) is 0 Å². The minimum atomic E-state index is 0. The van der Waals surface area contributed by atoms with Crippen LogP contribution in [0.1, 0.15) is 13.3 Å². The summed E-state index contributed by atoms with van der Waals surface area (Å²) in [6, 6.07) is 2.64. The third kappa shape index (κ3) is 22.8. The van der Waals surface area contributed by atoms with Crippen molar-refractivity contribution in [2.24, 2.45) is 9.98 Å². The fourth-order valence-corrected chi connectivity index (χ4v) is 0.637. The molecule has 0 aromatic carbocycles. The van der Waals surface area contributed by atoms with E-state index in [0.29, 0.717) is 0 Å². The Morgan fingerprint density at radius 3 is 2.07 bits per heavy atom. The number of rotatable bonds is 5. The van der Waals surface area contributed by atoms with Gasteiger partial charge in [0.2, 0.25) is 0 Å². The van der Waals surface area contributed by atoms with E-state index in [9.17, 15) is 0 Å². The molecule has 0 fully saturated rings. The minimum Gasteiger partial charge on any atom is -0.309 e. The smallest absolute Gasteiger partial charge is 0.0892 e. The predicted molar refractivity (Wildman–Crippen MR) is 70.2 cm³/mol. The third-order valence-corrected chi connectivity index (χ3v) is 1.17. The van der Waals surface area contributed by atoms with Crippen molar-refractivity contribution in [3.05, 3.63) is 0 Å². The van der Waals surface area contributed by atoms with E-state index in [2.05, 4.69) is 35.0 Å². The summed E-state index contributed by atoms with van der Waals surface area (Å²) in [6.07, 6.45) is 1.08. The molecule has 0 unspecified atom stereocenters. The standard InChI is InChI=1S/C8H17N3.3ClH/c1-4-9-8-10-6-5-7-11(2)3;;;/h4-7H2,1-3H3;3*1H. The van der Waals surface area contributed by atoms with Crippen molar-refractivity contribution in [2.75, 3.05) is 33.7 Å². The molecule has 0 saturated heterocycles. The van der Waals surface area contributed by atoms with Crippen LogP contribution in [0, 0.1) is 0 Å². The van der Waals surface area contributed by atoms with Crippen molar-refractivity contribution in [3.8, 4) is 0 Å². The Morgan fingerprint density at radius 2 is 1.64 bits per heavy atom. The summed E-state index contributed by atoms with van der Waals surface area (Å²) >= 11 is 0. The maximum absolute atomic E-state index is 3.99. The van der Waals surface area contributed by atoms with Crippen LogP contribution in [0.15, 0.2) is 9.98 Å². The molecule has 6 heteroatoms. The number of nitrogens with zero attached hydrogens (tertiary/aromatic N) is 3. The SMILES string of the molecule is CCN=C=NCCCN(C)C.Cl.Cl.Cl. The molecule has 0 bridgehead atoms. The zero-order chi connectivity index (χ0) is 8.53. The van der Waals surface area contributed by atoms with Crippen LogP contribution in [0.4, 0.5) is 0 Å². The van der Waals surface area contributed by atoms with Gasteiger partial charge in [0.25, 0.3) is 0 Å². The fourth-order valence-electron chi connectivity index (χ4n) is 0.637. The first-order valence-corrected chi connectivity index (χ1v) is 4.00. The van der Waals surface area contributed by atoms with E-state index in [-0.39, 0.29) is 37.2 Å². The molecule has 0 atom stereocenters. The lowest BCUT2D eigenvalue weighted by Gasteiger charge is -2.05. The number of aliphatic imine (C=N–C) groups is 2. The molecule has 0 aliphatic carbocycles. The van der Waals surface area contributed by atoms with E-state index in [1.165, 1.54) is 0 Å². The van der Waals surface area contributed by atoms with E-state index < -0.39 is 0 Å². The highest BCUT2D eigenvalue weighted by Gasteiger charge is 1.86. The Bertz CT molecular complexity index is 145. The topological polar surface area (TPSA) is 28.0 Å². The molecule has 0 amide bonds. The molecule has 3 nitrogen and oxygen atoms in total. The summed E-state index contributed by atoms with van der Waals surface area (Å²) in [5.74, 6) is 0. The predicted octanol–water partition coefficient (Wildman–Crippen LogP) is 2.40. The van der Waals surface area contributed by atoms with E-state index in [1.807, 2.05) is 6.92 Å². The van der Waals surface area contributed by atoms with Crippen LogP contribution in [0.5, 0.6) is 0 Å². The molecule has 88 valence electrons. The van der Waals surface area contributed by atoms with Crippen LogP contribution in [0.2, 0.25) is 0 Å². The van der Waals surface area contributed by atoms with Crippen LogP contribution in [-0.4, -0.2) is 44.6 Å². The molecule has 0 aromatic heterocycles. The maximum atomic E-state index is 3.99. The summed E-state index contributed by atoms with van der Waals surface area (Å²) in [4.78, 5) is 9.99. The average molecular weight is 265 g/mol. The van der Waals surface area contributed by atoms with Gasteiger partial charge in [0, 0.05) is 6.54 Å². The highest BCUT2D eigenvalue weighted by molar-refractivity contribution is 5.86. The first-order valence-electron chi connectivity index (χ1n) is 4.00. The molecule has 0 heterocycles. The van der Waals surface area contributed by atoms with Crippen molar-refractivity contribution in [1.29, 1.82) is 0 Å². The van der Waals surface area contributed by atoms with Gasteiger partial charge in [0.15, 0.2) is 0 Å². The van der Waals surface area contributed by atoms with E-state index >= 15 is 0 Å². The number of hydrogen-bond acceptors (Lipinski definition) is 3. The Labute approximate surface area is 105 Å². The molecule has 0 aromatic rings. The second-order valence-corrected chi connectivity index (χ2v) is 2.61. The molecule has 0 saturated carbocycles. The van der Waals surface area contributed by atoms with Crippen molar-refractivity contribution in [1.82, 2.24) is 4.90 Å². The first-order chi connectivity index (χ1) is 5.27. The first kappa shape index (κ1) is 23.8. The quantitative estimate of drug-likeness (QED) is 0.553. The summed E-state index contributed by atoms with van der Waals surface area (Å²) in [6.45, 7) is 4.67. The molecular formula is C8H20Cl3N3. The Hall–Kier alpha value is 0.210. The zero-order valence-electron chi connectivity index (χ0n) is 8.89. The Balaban J connectivity index is -0.000000167. The highest BCUT2D eigenvalue weighted by atomic mass is 35.5. The molecule has 14 heavy (non-hydrogen) atoms. The largest absolute Gasteiger partial charge is 0.309 e. The highest BCUT2D eigenvalue weighted by Crippen LogP contribution is 1.82. The monoisotopic (exact) mass is 263 g/mol. The van der Waals surface area contributed by atoms with Crippen molar-refractivity contribution in [2.45, 2.75) is 13.3 Å². The van der Waals surface area contributed by atoms with Gasteiger partial charge >= 0.3 is 0 Å². The van der Waals surface area contributed by atoms with Gasteiger partial charge in [-0.05, 0) is 34.0 Å². The second kappa shape index (κ2) is 18.9. The molecule has 0 aliphatic rings. The Morgan fingerprint density at radius 1 is 1.07 bits per heavy atom. The van der Waals surface area contributed by atoms with Crippen LogP contribution < -0.4 is 0 Å². The van der Waals surface area contributed by atoms with Crippen LogP contribution in [0.25, 0.3) is 0 Å². The summed E-state index contributed by atoms with van der Waals surface area (Å²) in [5.41, 5.74) is 0. The molecule has 0 radical (unpaired) electrons. The van der Waals surface area contributed by atoms with Crippen molar-refractivity contribution < 1.29 is 0 Å². The van der Waals surface area contributed by atoms with Gasteiger partial charge in [-0.3, -0.25) is 0 Å². The van der Waals surface area contributed by atoms with Crippen LogP contribution in [-0.2, 0) is 0 Å². The maximum Gasteiger partial charge on any atom is 0.0892 e. The van der Waals surface area contributed by atoms with Gasteiger partial charge in [0.05, 0.1) is 12.6 Å². The van der Waals surface area contributed by atoms with Gasteiger partial charge in [0.1, 0.15) is 0 Å². The molecule has 0 aliphatic heterocycles. The van der Waals surface area contributed by atoms with Gasteiger partial charge in [-0.2, -0.15) is 0 Å². The molecular weight excluding hydrogens is 244 g/mol. The van der Waals surface area contributed by atoms with Crippen LogP contribution in [0.3, 0.4) is 0 Å². The summed E-state index contributed by atoms with van der Waals surface area (Å²) in [7, 11) is 4.12. The molecule has 0 N–H and O–H groups in total. The third-order valence-electron chi connectivity index (χ3n) is 1.17. The summed E-state index contributed by atoms with van der Waals surface area (Å²) in [5, 5.41) is 0. The van der Waals surface area contributed by atoms with Crippen molar-refractivity contribution >= 4 is 43.2 Å². The second-order valence-electron chi connectivity index (χ2n) is 2.61. The number of hydrogen-bond donors (Lipinski definition) is 0. The van der Waals surface area contributed by atoms with Gasteiger partial charge in [-0.25, -0.2) is 9.98 Å². The van der Waals surface area contributed by atoms with Crippen molar-refractivity contribution in [3.63, 3.8) is 0 Å². The normalized spacial score (nSPS) is 7.43. The lowest BCUT2D eigenvalue weighted by molar-refractivity contribution is 0.403. The number of halogens is 3. The van der Waals surface area contributed by atoms with E-state index in [1.54, 1.807) is 0 Å². The van der Waals surface area contributed by atoms with Gasteiger partial charge in [-0.15, -0.1) is 37.2 Å². The van der Waals surface area contributed by atoms with Gasteiger partial charge in [-0.1, -0.05) is 0 Å². The lowest BCUT2D eigenvalue weighted by Crippen LogP contribution is -2.13. The minimum absolute atomic E-state index is 0. The fraction of sp³-hybridized carbons (Fsp3) is 0.875. The molecule has 0 spiro atoms. The summed E-state index contributed by atoms with van der Waals surface area (Å²) < 4.78 is 0. The zero-order valence-corrected chi connectivity index (χ0v) is 11.3. The molecule has 0 rings (SSSR count). The average Bonchev–Trinajstić information content (AvgIpc) is 1.96. The Kier molecular flexibility index (Phi) is 32.1. The van der Waals surface area contributed by atoms with Crippen LogP contribution >= 0.6 is 37.2 Å². The van der Waals surface area contributed by atoms with Gasteiger partial charge < -0.3 is 4.90 Å². The van der Waals surface area contributed by atoms with E-state index in [0.717, 1.165) is 26.1 Å².